The third-order valence-corrected chi connectivity index (χ3v) is 4.06. The van der Waals surface area contributed by atoms with Crippen LogP contribution >= 0.6 is 0 Å². The Morgan fingerprint density at radius 1 is 1.29 bits per heavy atom. The van der Waals surface area contributed by atoms with Crippen molar-refractivity contribution in [3.8, 4) is 0 Å². The summed E-state index contributed by atoms with van der Waals surface area (Å²) in [5.41, 5.74) is -3.54. The second-order valence-corrected chi connectivity index (χ2v) is 6.87. The molecule has 5 nitrogen and oxygen atoms in total. The molecule has 24 heavy (non-hydrogen) atoms. The van der Waals surface area contributed by atoms with Gasteiger partial charge in [0.1, 0.15) is 5.60 Å². The first-order valence-corrected chi connectivity index (χ1v) is 8.02. The highest BCUT2D eigenvalue weighted by Gasteiger charge is 2.66. The van der Waals surface area contributed by atoms with Gasteiger partial charge in [0.2, 0.25) is 0 Å². The molecule has 1 atom stereocenters. The van der Waals surface area contributed by atoms with Gasteiger partial charge in [0.05, 0.1) is 18.3 Å². The van der Waals surface area contributed by atoms with Gasteiger partial charge in [-0.25, -0.2) is 9.59 Å². The van der Waals surface area contributed by atoms with Crippen LogP contribution < -0.4 is 0 Å². The van der Waals surface area contributed by atoms with Gasteiger partial charge < -0.3 is 14.2 Å². The number of hydrogen-bond donors (Lipinski definition) is 0. The van der Waals surface area contributed by atoms with Gasteiger partial charge in [-0.15, -0.1) is 0 Å². The summed E-state index contributed by atoms with van der Waals surface area (Å²) in [5, 5.41) is 0. The molecule has 1 unspecified atom stereocenters. The Morgan fingerprint density at radius 2 is 1.83 bits per heavy atom. The molecule has 138 valence electrons. The van der Waals surface area contributed by atoms with E-state index in [0.717, 1.165) is 19.8 Å². The van der Waals surface area contributed by atoms with E-state index in [2.05, 4.69) is 6.58 Å². The van der Waals surface area contributed by atoms with Crippen molar-refractivity contribution in [3.63, 3.8) is 0 Å². The van der Waals surface area contributed by atoms with Crippen molar-refractivity contribution in [2.75, 3.05) is 6.61 Å². The molecule has 0 saturated carbocycles. The summed E-state index contributed by atoms with van der Waals surface area (Å²) < 4.78 is 43.6. The van der Waals surface area contributed by atoms with Crippen molar-refractivity contribution in [1.82, 2.24) is 0 Å². The number of halogens is 2. The first-order valence-electron chi connectivity index (χ1n) is 8.02. The lowest BCUT2D eigenvalue weighted by molar-refractivity contribution is -0.260. The van der Waals surface area contributed by atoms with E-state index in [-0.39, 0.29) is 24.7 Å². The van der Waals surface area contributed by atoms with E-state index in [0.29, 0.717) is 0 Å². The van der Waals surface area contributed by atoms with Gasteiger partial charge in [0.15, 0.2) is 5.60 Å². The smallest absolute Gasteiger partial charge is 0.381 e. The van der Waals surface area contributed by atoms with Crippen molar-refractivity contribution >= 4 is 11.9 Å². The van der Waals surface area contributed by atoms with Crippen LogP contribution in [0.15, 0.2) is 12.2 Å². The molecule has 1 saturated heterocycles. The van der Waals surface area contributed by atoms with Gasteiger partial charge in [-0.05, 0) is 33.6 Å². The first kappa shape index (κ1) is 20.5. The maximum absolute atomic E-state index is 14.2. The lowest BCUT2D eigenvalue weighted by atomic mass is 9.82. The molecular weight excluding hydrogens is 322 g/mol. The summed E-state index contributed by atoms with van der Waals surface area (Å²) in [5.74, 6) is -6.64. The standard InChI is InChI=1S/C17H26F2O5/c1-7-12(8-2)22-9-11(3)13(20)23-16(6)10-15(4,5)24-14(21)17(16,18)19/h12H,3,7-10H2,1-2,4-6H3. The van der Waals surface area contributed by atoms with Crippen molar-refractivity contribution in [1.29, 1.82) is 0 Å². The zero-order chi connectivity index (χ0) is 18.8. The van der Waals surface area contributed by atoms with E-state index >= 15 is 0 Å². The number of rotatable bonds is 7. The Bertz CT molecular complexity index is 511. The quantitative estimate of drug-likeness (QED) is 0.521. The third-order valence-electron chi connectivity index (χ3n) is 4.06. The van der Waals surface area contributed by atoms with Crippen molar-refractivity contribution in [2.45, 2.75) is 77.1 Å². The van der Waals surface area contributed by atoms with Crippen LogP contribution in [0.2, 0.25) is 0 Å². The van der Waals surface area contributed by atoms with Crippen molar-refractivity contribution in [2.24, 2.45) is 0 Å². The lowest BCUT2D eigenvalue weighted by Gasteiger charge is -2.45. The Morgan fingerprint density at radius 3 is 2.33 bits per heavy atom. The molecule has 1 rings (SSSR count). The minimum absolute atomic E-state index is 0.0461. The summed E-state index contributed by atoms with van der Waals surface area (Å²) >= 11 is 0. The van der Waals surface area contributed by atoms with Crippen LogP contribution in [0.25, 0.3) is 0 Å². The van der Waals surface area contributed by atoms with Crippen LogP contribution in [0.5, 0.6) is 0 Å². The van der Waals surface area contributed by atoms with Gasteiger partial charge in [-0.2, -0.15) is 8.78 Å². The molecule has 0 N–H and O–H groups in total. The van der Waals surface area contributed by atoms with E-state index < -0.39 is 29.1 Å². The fourth-order valence-corrected chi connectivity index (χ4v) is 2.67. The molecule has 7 heteroatoms. The average molecular weight is 348 g/mol. The van der Waals surface area contributed by atoms with Crippen molar-refractivity contribution < 1.29 is 32.6 Å². The third kappa shape index (κ3) is 4.32. The van der Waals surface area contributed by atoms with Gasteiger partial charge in [0, 0.05) is 6.42 Å². The Labute approximate surface area is 141 Å². The summed E-state index contributed by atoms with van der Waals surface area (Å²) in [6.07, 6.45) is 1.14. The van der Waals surface area contributed by atoms with Crippen LogP contribution in [-0.4, -0.2) is 41.8 Å². The first-order chi connectivity index (χ1) is 10.9. The van der Waals surface area contributed by atoms with E-state index in [4.69, 9.17) is 14.2 Å². The molecule has 0 amide bonds. The Kier molecular flexibility index (Phi) is 6.14. The molecule has 0 aromatic carbocycles. The topological polar surface area (TPSA) is 61.8 Å². The molecule has 0 bridgehead atoms. The van der Waals surface area contributed by atoms with E-state index in [1.165, 1.54) is 13.8 Å². The van der Waals surface area contributed by atoms with Crippen LogP contribution in [0, 0.1) is 0 Å². The predicted molar refractivity (Wildman–Crippen MR) is 83.7 cm³/mol. The van der Waals surface area contributed by atoms with Crippen LogP contribution in [0.4, 0.5) is 8.78 Å². The SMILES string of the molecule is C=C(COC(CC)CC)C(=O)OC1(C)CC(C)(C)OC(=O)C1(F)F. The summed E-state index contributed by atoms with van der Waals surface area (Å²) in [6.45, 7) is 11.3. The number of carbonyl (C=O) groups is 2. The predicted octanol–water partition coefficient (Wildman–Crippen LogP) is 3.41. The minimum Gasteiger partial charge on any atom is -0.455 e. The lowest BCUT2D eigenvalue weighted by Crippen LogP contribution is -2.63. The zero-order valence-corrected chi connectivity index (χ0v) is 14.9. The molecule has 0 radical (unpaired) electrons. The second kappa shape index (κ2) is 7.17. The minimum atomic E-state index is -3.94. The Balaban J connectivity index is 2.82. The molecule has 1 fully saturated rings. The molecule has 1 aliphatic rings. The molecule has 1 heterocycles. The highest BCUT2D eigenvalue weighted by Crippen LogP contribution is 2.45. The molecule has 0 aliphatic carbocycles. The van der Waals surface area contributed by atoms with E-state index in [9.17, 15) is 18.4 Å². The number of esters is 2. The van der Waals surface area contributed by atoms with Gasteiger partial charge in [-0.1, -0.05) is 20.4 Å². The maximum atomic E-state index is 14.2. The number of carbonyl (C=O) groups excluding carboxylic acids is 2. The van der Waals surface area contributed by atoms with Crippen LogP contribution in [0.3, 0.4) is 0 Å². The van der Waals surface area contributed by atoms with Gasteiger partial charge in [0.25, 0.3) is 0 Å². The van der Waals surface area contributed by atoms with E-state index in [1.807, 2.05) is 13.8 Å². The van der Waals surface area contributed by atoms with Crippen LogP contribution in [-0.2, 0) is 23.8 Å². The van der Waals surface area contributed by atoms with Gasteiger partial charge >= 0.3 is 17.9 Å². The molecule has 1 aliphatic heterocycles. The number of ether oxygens (including phenoxy) is 3. The fourth-order valence-electron chi connectivity index (χ4n) is 2.67. The summed E-state index contributed by atoms with van der Waals surface area (Å²) in [4.78, 5) is 23.7. The number of alkyl halides is 2. The van der Waals surface area contributed by atoms with Crippen molar-refractivity contribution in [3.05, 3.63) is 12.2 Å². The normalized spacial score (nSPS) is 25.2. The van der Waals surface area contributed by atoms with E-state index in [1.54, 1.807) is 0 Å². The molecular formula is C17H26F2O5. The summed E-state index contributed by atoms with van der Waals surface area (Å²) in [6, 6.07) is 0. The highest BCUT2D eigenvalue weighted by atomic mass is 19.3. The monoisotopic (exact) mass is 348 g/mol. The molecule has 0 aromatic rings. The fraction of sp³-hybridized carbons (Fsp3) is 0.765. The second-order valence-electron chi connectivity index (χ2n) is 6.87. The zero-order valence-electron chi connectivity index (χ0n) is 14.9. The summed E-state index contributed by atoms with van der Waals surface area (Å²) in [7, 11) is 0. The Hall–Kier alpha value is -1.50. The maximum Gasteiger partial charge on any atom is 0.381 e. The number of cyclic esters (lactones) is 1. The largest absolute Gasteiger partial charge is 0.455 e. The highest BCUT2D eigenvalue weighted by molar-refractivity contribution is 5.89. The average Bonchev–Trinajstić information content (AvgIpc) is 2.45. The van der Waals surface area contributed by atoms with Gasteiger partial charge in [-0.3, -0.25) is 0 Å². The van der Waals surface area contributed by atoms with Crippen LogP contribution in [0.1, 0.15) is 53.9 Å². The molecule has 0 spiro atoms. The number of hydrogen-bond acceptors (Lipinski definition) is 5. The molecule has 0 aromatic heterocycles.